The first-order valence-corrected chi connectivity index (χ1v) is 8.48. The molecule has 1 heterocycles. The zero-order chi connectivity index (χ0) is 12.6. The van der Waals surface area contributed by atoms with Gasteiger partial charge in [-0.3, -0.25) is 0 Å². The minimum absolute atomic E-state index is 0.355. The average Bonchev–Trinajstić information content (AvgIpc) is 3.12. The van der Waals surface area contributed by atoms with E-state index >= 15 is 0 Å². The molecule has 0 aromatic heterocycles. The molecule has 2 atom stereocenters. The molecule has 1 aliphatic carbocycles. The Hall–Kier alpha value is -0.870. The summed E-state index contributed by atoms with van der Waals surface area (Å²) in [6.07, 6.45) is 2.74. The number of sulfone groups is 1. The molecule has 3 nitrogen and oxygen atoms in total. The van der Waals surface area contributed by atoms with Crippen LogP contribution in [0.1, 0.15) is 30.7 Å². The van der Waals surface area contributed by atoms with Gasteiger partial charge >= 0.3 is 0 Å². The summed E-state index contributed by atoms with van der Waals surface area (Å²) in [5.41, 5.74) is 1.40. The molecule has 1 N–H and O–H groups in total. The van der Waals surface area contributed by atoms with Gasteiger partial charge in [-0.2, -0.15) is 0 Å². The molecule has 0 amide bonds. The van der Waals surface area contributed by atoms with Crippen molar-refractivity contribution < 1.29 is 8.42 Å². The van der Waals surface area contributed by atoms with E-state index in [0.29, 0.717) is 29.5 Å². The first kappa shape index (κ1) is 12.2. The van der Waals surface area contributed by atoms with Crippen molar-refractivity contribution >= 4 is 9.84 Å². The first-order valence-electron chi connectivity index (χ1n) is 6.65. The lowest BCUT2D eigenvalue weighted by atomic mass is 10.1. The maximum absolute atomic E-state index is 11.4. The van der Waals surface area contributed by atoms with Crippen LogP contribution in [0.2, 0.25) is 0 Å². The van der Waals surface area contributed by atoms with E-state index in [2.05, 4.69) is 29.6 Å². The number of benzene rings is 1. The van der Waals surface area contributed by atoms with Gasteiger partial charge in [-0.25, -0.2) is 8.42 Å². The van der Waals surface area contributed by atoms with E-state index in [1.165, 1.54) is 12.0 Å². The normalized spacial score (nSPS) is 31.1. The summed E-state index contributed by atoms with van der Waals surface area (Å²) in [7, 11) is -2.74. The molecule has 1 aromatic carbocycles. The van der Waals surface area contributed by atoms with Gasteiger partial charge in [0.15, 0.2) is 0 Å². The zero-order valence-electron chi connectivity index (χ0n) is 10.4. The number of hydrogen-bond donors (Lipinski definition) is 1. The van der Waals surface area contributed by atoms with Crippen LogP contribution in [0.3, 0.4) is 0 Å². The van der Waals surface area contributed by atoms with E-state index in [1.807, 2.05) is 6.07 Å². The molecule has 98 valence electrons. The Labute approximate surface area is 109 Å². The predicted molar refractivity (Wildman–Crippen MR) is 72.4 cm³/mol. The molecule has 0 spiro atoms. The molecular weight excluding hydrogens is 246 g/mol. The van der Waals surface area contributed by atoms with Crippen molar-refractivity contribution in [2.24, 2.45) is 0 Å². The van der Waals surface area contributed by atoms with Crippen molar-refractivity contribution in [3.05, 3.63) is 35.9 Å². The van der Waals surface area contributed by atoms with Crippen molar-refractivity contribution in [3.8, 4) is 0 Å². The Bertz CT molecular complexity index is 498. The minimum atomic E-state index is -2.74. The number of rotatable bonds is 3. The Balaban J connectivity index is 1.52. The molecular formula is C14H19NO2S. The molecule has 1 aromatic rings. The molecule has 2 fully saturated rings. The quantitative estimate of drug-likeness (QED) is 0.905. The van der Waals surface area contributed by atoms with E-state index in [-0.39, 0.29) is 0 Å². The van der Waals surface area contributed by atoms with Crippen LogP contribution in [-0.4, -0.2) is 32.0 Å². The highest BCUT2D eigenvalue weighted by Crippen LogP contribution is 2.41. The second-order valence-corrected chi connectivity index (χ2v) is 7.76. The van der Waals surface area contributed by atoms with Crippen LogP contribution < -0.4 is 5.32 Å². The van der Waals surface area contributed by atoms with Gasteiger partial charge in [0.1, 0.15) is 9.84 Å². The minimum Gasteiger partial charge on any atom is -0.311 e. The van der Waals surface area contributed by atoms with E-state index in [9.17, 15) is 8.42 Å². The van der Waals surface area contributed by atoms with Crippen LogP contribution in [-0.2, 0) is 9.84 Å². The monoisotopic (exact) mass is 265 g/mol. The highest BCUT2D eigenvalue weighted by Gasteiger charge is 2.40. The molecule has 2 unspecified atom stereocenters. The lowest BCUT2D eigenvalue weighted by molar-refractivity contribution is 0.457. The molecule has 1 saturated heterocycles. The third-order valence-corrected chi connectivity index (χ3v) is 5.74. The highest BCUT2D eigenvalue weighted by atomic mass is 32.2. The molecule has 4 heteroatoms. The Morgan fingerprint density at radius 2 is 1.72 bits per heavy atom. The van der Waals surface area contributed by atoms with Crippen LogP contribution in [0, 0.1) is 0 Å². The van der Waals surface area contributed by atoms with Crippen molar-refractivity contribution in [2.75, 3.05) is 11.5 Å². The van der Waals surface area contributed by atoms with Gasteiger partial charge in [-0.1, -0.05) is 30.3 Å². The van der Waals surface area contributed by atoms with Gasteiger partial charge in [-0.05, 0) is 24.8 Å². The molecule has 0 radical (unpaired) electrons. The largest absolute Gasteiger partial charge is 0.311 e. The van der Waals surface area contributed by atoms with Crippen molar-refractivity contribution in [1.29, 1.82) is 0 Å². The van der Waals surface area contributed by atoms with E-state index in [4.69, 9.17) is 0 Å². The Kier molecular flexibility index (Phi) is 3.16. The lowest BCUT2D eigenvalue weighted by Gasteiger charge is -2.23. The summed E-state index contributed by atoms with van der Waals surface area (Å²) in [5, 5.41) is 3.61. The fourth-order valence-corrected chi connectivity index (χ4v) is 4.30. The van der Waals surface area contributed by atoms with Crippen LogP contribution >= 0.6 is 0 Å². The smallest absolute Gasteiger partial charge is 0.150 e. The summed E-state index contributed by atoms with van der Waals surface area (Å²) in [5.74, 6) is 1.34. The predicted octanol–water partition coefficient (Wildman–Crippen LogP) is 1.71. The molecule has 1 aliphatic heterocycles. The van der Waals surface area contributed by atoms with Crippen LogP contribution in [0.4, 0.5) is 0 Å². The van der Waals surface area contributed by atoms with E-state index < -0.39 is 9.84 Å². The molecule has 2 aliphatic rings. The van der Waals surface area contributed by atoms with E-state index in [0.717, 1.165) is 12.8 Å². The summed E-state index contributed by atoms with van der Waals surface area (Å²) in [6, 6.07) is 11.5. The summed E-state index contributed by atoms with van der Waals surface area (Å²) in [4.78, 5) is 0. The SMILES string of the molecule is O=S1(=O)CCC(NC2CC2c2ccccc2)CC1. The first-order chi connectivity index (χ1) is 8.64. The summed E-state index contributed by atoms with van der Waals surface area (Å²) >= 11 is 0. The van der Waals surface area contributed by atoms with Gasteiger partial charge in [0.25, 0.3) is 0 Å². The maximum Gasteiger partial charge on any atom is 0.150 e. The van der Waals surface area contributed by atoms with Crippen molar-refractivity contribution in [3.63, 3.8) is 0 Å². The van der Waals surface area contributed by atoms with Gasteiger partial charge in [0.05, 0.1) is 11.5 Å². The fraction of sp³-hybridized carbons (Fsp3) is 0.571. The van der Waals surface area contributed by atoms with Crippen molar-refractivity contribution in [1.82, 2.24) is 5.32 Å². The topological polar surface area (TPSA) is 46.2 Å². The standard InChI is InChI=1S/C14H19NO2S/c16-18(17)8-6-12(7-9-18)15-14-10-13(14)11-4-2-1-3-5-11/h1-5,12-15H,6-10H2. The third-order valence-electron chi connectivity index (χ3n) is 4.02. The lowest BCUT2D eigenvalue weighted by Crippen LogP contribution is -2.39. The number of hydrogen-bond acceptors (Lipinski definition) is 3. The van der Waals surface area contributed by atoms with Crippen LogP contribution in [0.15, 0.2) is 30.3 Å². The van der Waals surface area contributed by atoms with Gasteiger partial charge in [0.2, 0.25) is 0 Å². The highest BCUT2D eigenvalue weighted by molar-refractivity contribution is 7.91. The molecule has 0 bridgehead atoms. The fourth-order valence-electron chi connectivity index (χ4n) is 2.81. The Morgan fingerprint density at radius 3 is 2.39 bits per heavy atom. The number of nitrogens with one attached hydrogen (secondary N) is 1. The van der Waals surface area contributed by atoms with Crippen LogP contribution in [0.25, 0.3) is 0 Å². The zero-order valence-corrected chi connectivity index (χ0v) is 11.2. The summed E-state index contributed by atoms with van der Waals surface area (Å²) < 4.78 is 22.7. The van der Waals surface area contributed by atoms with Gasteiger partial charge < -0.3 is 5.32 Å². The third kappa shape index (κ3) is 2.75. The molecule has 18 heavy (non-hydrogen) atoms. The Morgan fingerprint density at radius 1 is 1.06 bits per heavy atom. The summed E-state index contributed by atoms with van der Waals surface area (Å²) in [6.45, 7) is 0. The second-order valence-electron chi connectivity index (χ2n) is 5.45. The second kappa shape index (κ2) is 4.67. The van der Waals surface area contributed by atoms with Crippen LogP contribution in [0.5, 0.6) is 0 Å². The van der Waals surface area contributed by atoms with Gasteiger partial charge in [0, 0.05) is 18.0 Å². The van der Waals surface area contributed by atoms with Crippen molar-refractivity contribution in [2.45, 2.75) is 37.3 Å². The average molecular weight is 265 g/mol. The molecule has 1 saturated carbocycles. The molecule has 3 rings (SSSR count). The maximum atomic E-state index is 11.4. The van der Waals surface area contributed by atoms with E-state index in [1.54, 1.807) is 0 Å². The van der Waals surface area contributed by atoms with Gasteiger partial charge in [-0.15, -0.1) is 0 Å².